The lowest BCUT2D eigenvalue weighted by Crippen LogP contribution is -2.37. The summed E-state index contributed by atoms with van der Waals surface area (Å²) in [6.45, 7) is 0.597. The standard InChI is InChI=1S/C26H27ClN2O/c1-30-19-26(23-8-3-2-4-9-23)29-25(15-12-20-10-13-24(27)14-11-20)17-21-6-5-7-22(16-21)18-28/h2-11,13-14,16,25-26,29H,12,15,17,19H2,1H3/t25-,26?/m1/s1. The van der Waals surface area contributed by atoms with Crippen molar-refractivity contribution in [3.63, 3.8) is 0 Å². The van der Waals surface area contributed by atoms with Crippen molar-refractivity contribution >= 4 is 11.6 Å². The average Bonchev–Trinajstić information content (AvgIpc) is 2.79. The Balaban J connectivity index is 1.77. The number of hydrogen-bond acceptors (Lipinski definition) is 3. The highest BCUT2D eigenvalue weighted by molar-refractivity contribution is 6.30. The molecule has 3 nitrogen and oxygen atoms in total. The maximum Gasteiger partial charge on any atom is 0.0991 e. The van der Waals surface area contributed by atoms with Gasteiger partial charge in [-0.3, -0.25) is 0 Å². The molecule has 0 bridgehead atoms. The molecule has 0 aliphatic rings. The monoisotopic (exact) mass is 418 g/mol. The molecule has 3 rings (SSSR count). The number of methoxy groups -OCH3 is 1. The van der Waals surface area contributed by atoms with Crippen LogP contribution < -0.4 is 5.32 Å². The van der Waals surface area contributed by atoms with Crippen LogP contribution in [0.2, 0.25) is 5.02 Å². The number of benzene rings is 3. The van der Waals surface area contributed by atoms with E-state index < -0.39 is 0 Å². The highest BCUT2D eigenvalue weighted by Crippen LogP contribution is 2.19. The second-order valence-corrected chi connectivity index (χ2v) is 7.90. The van der Waals surface area contributed by atoms with Crippen molar-refractivity contribution < 1.29 is 4.74 Å². The molecule has 0 radical (unpaired) electrons. The summed E-state index contributed by atoms with van der Waals surface area (Å²) in [5, 5.41) is 13.8. The molecule has 1 N–H and O–H groups in total. The first kappa shape index (κ1) is 22.1. The number of aryl methyl sites for hydroxylation is 1. The molecule has 0 amide bonds. The smallest absolute Gasteiger partial charge is 0.0991 e. The third kappa shape index (κ3) is 6.71. The van der Waals surface area contributed by atoms with Gasteiger partial charge >= 0.3 is 0 Å². The van der Waals surface area contributed by atoms with Gasteiger partial charge in [0.15, 0.2) is 0 Å². The zero-order chi connectivity index (χ0) is 21.2. The van der Waals surface area contributed by atoms with Gasteiger partial charge in [-0.2, -0.15) is 5.26 Å². The normalized spacial score (nSPS) is 12.8. The zero-order valence-electron chi connectivity index (χ0n) is 17.2. The average molecular weight is 419 g/mol. The molecule has 154 valence electrons. The lowest BCUT2D eigenvalue weighted by Gasteiger charge is -2.26. The summed E-state index contributed by atoms with van der Waals surface area (Å²) < 4.78 is 5.50. The van der Waals surface area contributed by atoms with E-state index in [9.17, 15) is 5.26 Å². The van der Waals surface area contributed by atoms with Crippen LogP contribution in [-0.2, 0) is 17.6 Å². The molecule has 0 saturated carbocycles. The Morgan fingerprint density at radius 2 is 1.73 bits per heavy atom. The molecule has 0 aromatic heterocycles. The Morgan fingerprint density at radius 3 is 2.43 bits per heavy atom. The van der Waals surface area contributed by atoms with Crippen molar-refractivity contribution in [3.8, 4) is 6.07 Å². The molecule has 0 aliphatic heterocycles. The predicted molar refractivity (Wildman–Crippen MR) is 123 cm³/mol. The van der Waals surface area contributed by atoms with Crippen LogP contribution >= 0.6 is 11.6 Å². The van der Waals surface area contributed by atoms with E-state index in [1.54, 1.807) is 7.11 Å². The van der Waals surface area contributed by atoms with Crippen LogP contribution in [0.15, 0.2) is 78.9 Å². The molecule has 0 saturated heterocycles. The van der Waals surface area contributed by atoms with Crippen LogP contribution in [0.25, 0.3) is 0 Å². The number of hydrogen-bond donors (Lipinski definition) is 1. The minimum atomic E-state index is 0.102. The largest absolute Gasteiger partial charge is 0.383 e. The molecule has 0 fully saturated rings. The Bertz CT molecular complexity index is 951. The molecular formula is C26H27ClN2O. The number of nitrogens with zero attached hydrogens (tertiary/aromatic N) is 1. The van der Waals surface area contributed by atoms with Gasteiger partial charge in [-0.25, -0.2) is 0 Å². The van der Waals surface area contributed by atoms with Crippen LogP contribution in [0.1, 0.15) is 34.7 Å². The topological polar surface area (TPSA) is 45.0 Å². The highest BCUT2D eigenvalue weighted by Gasteiger charge is 2.18. The van der Waals surface area contributed by atoms with Crippen LogP contribution in [0.5, 0.6) is 0 Å². The van der Waals surface area contributed by atoms with E-state index in [1.165, 1.54) is 11.1 Å². The maximum absolute atomic E-state index is 9.24. The molecule has 30 heavy (non-hydrogen) atoms. The molecule has 1 unspecified atom stereocenters. The Morgan fingerprint density at radius 1 is 0.967 bits per heavy atom. The van der Waals surface area contributed by atoms with E-state index in [0.717, 1.165) is 29.8 Å². The van der Waals surface area contributed by atoms with Gasteiger partial charge in [-0.15, -0.1) is 0 Å². The van der Waals surface area contributed by atoms with Gasteiger partial charge in [0, 0.05) is 18.2 Å². The molecule has 0 aliphatic carbocycles. The molecule has 3 aromatic rings. The van der Waals surface area contributed by atoms with Crippen LogP contribution in [0.4, 0.5) is 0 Å². The van der Waals surface area contributed by atoms with E-state index >= 15 is 0 Å². The fraction of sp³-hybridized carbons (Fsp3) is 0.269. The van der Waals surface area contributed by atoms with Crippen molar-refractivity contribution in [2.45, 2.75) is 31.3 Å². The summed E-state index contributed by atoms with van der Waals surface area (Å²) in [4.78, 5) is 0. The van der Waals surface area contributed by atoms with E-state index in [2.05, 4.69) is 53.9 Å². The zero-order valence-corrected chi connectivity index (χ0v) is 18.0. The van der Waals surface area contributed by atoms with Gasteiger partial charge in [0.25, 0.3) is 0 Å². The Hall–Kier alpha value is -2.64. The summed E-state index contributed by atoms with van der Waals surface area (Å²) in [5.74, 6) is 0. The summed E-state index contributed by atoms with van der Waals surface area (Å²) in [5.41, 5.74) is 4.33. The lowest BCUT2D eigenvalue weighted by atomic mass is 9.96. The van der Waals surface area contributed by atoms with Crippen LogP contribution in [0.3, 0.4) is 0 Å². The van der Waals surface area contributed by atoms with Crippen molar-refractivity contribution in [3.05, 3.63) is 106 Å². The summed E-state index contributed by atoms with van der Waals surface area (Å²) in [7, 11) is 1.73. The number of rotatable bonds is 10. The predicted octanol–water partition coefficient (Wildman–Crippen LogP) is 5.73. The first-order chi connectivity index (χ1) is 14.7. The number of nitriles is 1. The summed E-state index contributed by atoms with van der Waals surface area (Å²) >= 11 is 6.03. The molecule has 2 atom stereocenters. The molecule has 3 aromatic carbocycles. The highest BCUT2D eigenvalue weighted by atomic mass is 35.5. The van der Waals surface area contributed by atoms with Crippen LogP contribution in [0, 0.1) is 11.3 Å². The second kappa shape index (κ2) is 11.5. The summed E-state index contributed by atoms with van der Waals surface area (Å²) in [6, 6.07) is 28.9. The molecule has 0 heterocycles. The van der Waals surface area contributed by atoms with Crippen molar-refractivity contribution in [1.29, 1.82) is 5.26 Å². The quantitative estimate of drug-likeness (QED) is 0.457. The van der Waals surface area contributed by atoms with Crippen molar-refractivity contribution in [2.24, 2.45) is 0 Å². The lowest BCUT2D eigenvalue weighted by molar-refractivity contribution is 0.159. The number of nitrogens with one attached hydrogen (secondary N) is 1. The van der Waals surface area contributed by atoms with E-state index in [4.69, 9.17) is 16.3 Å². The van der Waals surface area contributed by atoms with Gasteiger partial charge in [0.05, 0.1) is 24.3 Å². The first-order valence-corrected chi connectivity index (χ1v) is 10.6. The van der Waals surface area contributed by atoms with E-state index in [-0.39, 0.29) is 12.1 Å². The maximum atomic E-state index is 9.24. The van der Waals surface area contributed by atoms with Gasteiger partial charge in [-0.1, -0.05) is 66.2 Å². The van der Waals surface area contributed by atoms with Gasteiger partial charge in [0.1, 0.15) is 0 Å². The van der Waals surface area contributed by atoms with Crippen molar-refractivity contribution in [1.82, 2.24) is 5.32 Å². The SMILES string of the molecule is COCC(N[C@H](CCc1ccc(Cl)cc1)Cc1cccc(C#N)c1)c1ccccc1. The second-order valence-electron chi connectivity index (χ2n) is 7.46. The van der Waals surface area contributed by atoms with Gasteiger partial charge < -0.3 is 10.1 Å². The van der Waals surface area contributed by atoms with E-state index in [0.29, 0.717) is 12.2 Å². The molecule has 4 heteroatoms. The number of ether oxygens (including phenoxy) is 1. The van der Waals surface area contributed by atoms with E-state index in [1.807, 2.05) is 36.4 Å². The molecule has 0 spiro atoms. The Labute approximate surface area is 184 Å². The van der Waals surface area contributed by atoms with Gasteiger partial charge in [-0.05, 0) is 60.2 Å². The minimum Gasteiger partial charge on any atom is -0.383 e. The third-order valence-corrected chi connectivity index (χ3v) is 5.46. The Kier molecular flexibility index (Phi) is 8.47. The third-order valence-electron chi connectivity index (χ3n) is 5.21. The number of halogens is 1. The minimum absolute atomic E-state index is 0.102. The summed E-state index contributed by atoms with van der Waals surface area (Å²) in [6.07, 6.45) is 2.75. The van der Waals surface area contributed by atoms with Crippen molar-refractivity contribution in [2.75, 3.05) is 13.7 Å². The van der Waals surface area contributed by atoms with Gasteiger partial charge in [0.2, 0.25) is 0 Å². The fourth-order valence-electron chi connectivity index (χ4n) is 3.67. The molecular weight excluding hydrogens is 392 g/mol. The first-order valence-electron chi connectivity index (χ1n) is 10.2. The van der Waals surface area contributed by atoms with Crippen LogP contribution in [-0.4, -0.2) is 19.8 Å². The fourth-order valence-corrected chi connectivity index (χ4v) is 3.79.